The molecule has 0 fully saturated rings. The third-order valence-electron chi connectivity index (χ3n) is 5.94. The summed E-state index contributed by atoms with van der Waals surface area (Å²) in [6.45, 7) is 16.4. The lowest BCUT2D eigenvalue weighted by atomic mass is 9.97. The van der Waals surface area contributed by atoms with Gasteiger partial charge < -0.3 is 0 Å². The second kappa shape index (κ2) is 22.0. The zero-order chi connectivity index (χ0) is 28.8. The molecule has 0 radical (unpaired) electrons. The number of hydrogen-bond donors (Lipinski definition) is 0. The normalized spacial score (nSPS) is 9.58. The van der Waals surface area contributed by atoms with Crippen molar-refractivity contribution in [3.8, 4) is 0 Å². The van der Waals surface area contributed by atoms with Crippen molar-refractivity contribution in [1.29, 1.82) is 0 Å². The molecule has 0 bridgehead atoms. The number of rotatable bonds is 12. The zero-order valence-electron chi connectivity index (χ0n) is 25.4. The fourth-order valence-corrected chi connectivity index (χ4v) is 3.83. The van der Waals surface area contributed by atoms with Gasteiger partial charge in [0, 0.05) is 24.0 Å². The Balaban J connectivity index is 0.00000213. The van der Waals surface area contributed by atoms with Crippen molar-refractivity contribution in [1.82, 2.24) is 0 Å². The molecule has 0 aliphatic rings. The van der Waals surface area contributed by atoms with E-state index in [1.807, 2.05) is 65.8 Å². The second-order valence-corrected chi connectivity index (χ2v) is 8.62. The van der Waals surface area contributed by atoms with Crippen molar-refractivity contribution < 1.29 is 9.59 Å². The number of benzene rings is 3. The fourth-order valence-electron chi connectivity index (χ4n) is 3.83. The van der Waals surface area contributed by atoms with Crippen LogP contribution in [0.2, 0.25) is 0 Å². The van der Waals surface area contributed by atoms with Crippen LogP contribution < -0.4 is 0 Å². The van der Waals surface area contributed by atoms with Gasteiger partial charge in [0.05, 0.1) is 0 Å². The van der Waals surface area contributed by atoms with E-state index in [9.17, 15) is 9.59 Å². The van der Waals surface area contributed by atoms with Crippen LogP contribution in [-0.2, 0) is 25.7 Å². The first kappa shape index (κ1) is 35.0. The highest BCUT2D eigenvalue weighted by atomic mass is 16.1. The first-order valence-electron chi connectivity index (χ1n) is 14.9. The molecule has 3 aromatic rings. The van der Waals surface area contributed by atoms with E-state index >= 15 is 0 Å². The third kappa shape index (κ3) is 13.0. The van der Waals surface area contributed by atoms with Gasteiger partial charge >= 0.3 is 0 Å². The molecule has 0 saturated carbocycles. The van der Waals surface area contributed by atoms with E-state index in [4.69, 9.17) is 0 Å². The molecule has 3 rings (SSSR count). The molecule has 0 amide bonds. The highest BCUT2D eigenvalue weighted by Crippen LogP contribution is 2.15. The third-order valence-corrected chi connectivity index (χ3v) is 5.94. The SMILES string of the molecule is CC.CC.CC.CCCCc1ccc(CC(=O)c2ccc(C(=O)Cc3ccc(CCCC)cc3)cc2)cc1. The van der Waals surface area contributed by atoms with Crippen LogP contribution in [0.5, 0.6) is 0 Å². The number of hydrogen-bond acceptors (Lipinski definition) is 2. The summed E-state index contributed by atoms with van der Waals surface area (Å²) in [5, 5.41) is 0. The summed E-state index contributed by atoms with van der Waals surface area (Å²) >= 11 is 0. The highest BCUT2D eigenvalue weighted by molar-refractivity contribution is 6.00. The molecular formula is C36H52O2. The first-order valence-corrected chi connectivity index (χ1v) is 14.9. The van der Waals surface area contributed by atoms with Crippen molar-refractivity contribution in [2.24, 2.45) is 0 Å². The minimum Gasteiger partial charge on any atom is -0.294 e. The van der Waals surface area contributed by atoms with Crippen LogP contribution in [0.15, 0.2) is 72.8 Å². The van der Waals surface area contributed by atoms with Gasteiger partial charge in [-0.1, -0.05) is 141 Å². The molecule has 3 aromatic carbocycles. The van der Waals surface area contributed by atoms with Crippen LogP contribution in [0, 0.1) is 0 Å². The van der Waals surface area contributed by atoms with Crippen LogP contribution in [0.3, 0.4) is 0 Å². The summed E-state index contributed by atoms with van der Waals surface area (Å²) in [6, 6.07) is 23.8. The van der Waals surface area contributed by atoms with Crippen LogP contribution >= 0.6 is 0 Å². The van der Waals surface area contributed by atoms with Crippen LogP contribution in [-0.4, -0.2) is 11.6 Å². The van der Waals surface area contributed by atoms with Gasteiger partial charge in [0.1, 0.15) is 0 Å². The number of aryl methyl sites for hydroxylation is 2. The number of carbonyl (C=O) groups is 2. The zero-order valence-corrected chi connectivity index (χ0v) is 25.4. The van der Waals surface area contributed by atoms with Crippen molar-refractivity contribution in [3.05, 3.63) is 106 Å². The Bertz CT molecular complexity index is 912. The molecule has 2 nitrogen and oxygen atoms in total. The molecule has 0 spiro atoms. The van der Waals surface area contributed by atoms with Crippen molar-refractivity contribution in [3.63, 3.8) is 0 Å². The second-order valence-electron chi connectivity index (χ2n) is 8.62. The molecular weight excluding hydrogens is 464 g/mol. The topological polar surface area (TPSA) is 34.1 Å². The van der Waals surface area contributed by atoms with E-state index in [-0.39, 0.29) is 11.6 Å². The smallest absolute Gasteiger partial charge is 0.167 e. The summed E-state index contributed by atoms with van der Waals surface area (Å²) in [5.41, 5.74) is 5.99. The molecule has 208 valence electrons. The molecule has 0 saturated heterocycles. The van der Waals surface area contributed by atoms with Gasteiger partial charge in [0.25, 0.3) is 0 Å². The van der Waals surface area contributed by atoms with Crippen LogP contribution in [0.1, 0.15) is 124 Å². The standard InChI is InChI=1S/C30H34O2.3C2H6/c1-3-5-7-23-9-13-25(14-10-23)21-29(31)27-17-19-28(20-18-27)30(32)22-26-15-11-24(12-16-26)8-6-4-2;3*1-2/h9-20H,3-8,21-22H2,1-2H3;3*1-2H3. The molecule has 0 aromatic heterocycles. The molecule has 0 aliphatic heterocycles. The highest BCUT2D eigenvalue weighted by Gasteiger charge is 2.11. The van der Waals surface area contributed by atoms with Crippen LogP contribution in [0.25, 0.3) is 0 Å². The summed E-state index contributed by atoms with van der Waals surface area (Å²) < 4.78 is 0. The predicted molar refractivity (Wildman–Crippen MR) is 167 cm³/mol. The Morgan fingerprint density at radius 1 is 0.447 bits per heavy atom. The van der Waals surface area contributed by atoms with Gasteiger partial charge in [-0.05, 0) is 47.9 Å². The van der Waals surface area contributed by atoms with E-state index in [1.54, 1.807) is 24.3 Å². The molecule has 0 unspecified atom stereocenters. The van der Waals surface area contributed by atoms with Gasteiger partial charge in [-0.3, -0.25) is 9.59 Å². The number of Topliss-reactive ketones (excluding diaryl/α,β-unsaturated/α-hetero) is 2. The molecule has 0 atom stereocenters. The van der Waals surface area contributed by atoms with E-state index < -0.39 is 0 Å². The lowest BCUT2D eigenvalue weighted by Gasteiger charge is -2.06. The Morgan fingerprint density at radius 3 is 0.974 bits per heavy atom. The summed E-state index contributed by atoms with van der Waals surface area (Å²) in [7, 11) is 0. The number of carbonyl (C=O) groups excluding carboxylic acids is 2. The quantitative estimate of drug-likeness (QED) is 0.224. The monoisotopic (exact) mass is 516 g/mol. The van der Waals surface area contributed by atoms with Gasteiger partial charge in [0.15, 0.2) is 11.6 Å². The average molecular weight is 517 g/mol. The van der Waals surface area contributed by atoms with Crippen LogP contribution in [0.4, 0.5) is 0 Å². The lowest BCUT2D eigenvalue weighted by Crippen LogP contribution is -2.06. The largest absolute Gasteiger partial charge is 0.294 e. The lowest BCUT2D eigenvalue weighted by molar-refractivity contribution is 0.0981. The van der Waals surface area contributed by atoms with Crippen molar-refractivity contribution >= 4 is 11.6 Å². The fraction of sp³-hybridized carbons (Fsp3) is 0.444. The van der Waals surface area contributed by atoms with E-state index in [1.165, 1.54) is 36.8 Å². The molecule has 2 heteroatoms. The maximum Gasteiger partial charge on any atom is 0.167 e. The number of unbranched alkanes of at least 4 members (excludes halogenated alkanes) is 2. The Morgan fingerprint density at radius 2 is 0.711 bits per heavy atom. The van der Waals surface area contributed by atoms with Gasteiger partial charge in [0.2, 0.25) is 0 Å². The van der Waals surface area contributed by atoms with Gasteiger partial charge in [-0.15, -0.1) is 0 Å². The minimum absolute atomic E-state index is 0.0768. The Hall–Kier alpha value is -3.00. The predicted octanol–water partition coefficient (Wildman–Crippen LogP) is 10.3. The molecule has 0 aliphatic carbocycles. The summed E-state index contributed by atoms with van der Waals surface area (Å²) in [5.74, 6) is 0.154. The Kier molecular flexibility index (Phi) is 20.3. The molecule has 0 N–H and O–H groups in total. The first-order chi connectivity index (χ1) is 18.6. The summed E-state index contributed by atoms with van der Waals surface area (Å²) in [6.07, 6.45) is 7.68. The number of ketones is 2. The minimum atomic E-state index is 0.0768. The maximum absolute atomic E-state index is 12.7. The van der Waals surface area contributed by atoms with Crippen molar-refractivity contribution in [2.75, 3.05) is 0 Å². The van der Waals surface area contributed by atoms with E-state index in [0.29, 0.717) is 24.0 Å². The average Bonchev–Trinajstić information content (AvgIpc) is 2.99. The summed E-state index contributed by atoms with van der Waals surface area (Å²) in [4.78, 5) is 25.3. The Labute approximate surface area is 233 Å². The maximum atomic E-state index is 12.7. The molecule has 0 heterocycles. The van der Waals surface area contributed by atoms with E-state index in [2.05, 4.69) is 38.1 Å². The van der Waals surface area contributed by atoms with E-state index in [0.717, 1.165) is 24.0 Å². The molecule has 38 heavy (non-hydrogen) atoms. The van der Waals surface area contributed by atoms with Gasteiger partial charge in [-0.25, -0.2) is 0 Å². The van der Waals surface area contributed by atoms with Gasteiger partial charge in [-0.2, -0.15) is 0 Å². The van der Waals surface area contributed by atoms with Crippen molar-refractivity contribution in [2.45, 2.75) is 107 Å².